The fourth-order valence-electron chi connectivity index (χ4n) is 3.80. The maximum absolute atomic E-state index is 6.35. The van der Waals surface area contributed by atoms with Gasteiger partial charge in [0.25, 0.3) is 0 Å². The molecule has 1 aromatic carbocycles. The van der Waals surface area contributed by atoms with E-state index in [1.807, 2.05) is 26.0 Å². The quantitative estimate of drug-likeness (QED) is 0.560. The molecule has 2 unspecified atom stereocenters. The maximum Gasteiger partial charge on any atom is 0.235 e. The number of ether oxygens (including phenoxy) is 1. The molecule has 1 aliphatic carbocycles. The van der Waals surface area contributed by atoms with Crippen molar-refractivity contribution < 1.29 is 4.74 Å². The third kappa shape index (κ3) is 4.32. The number of halogens is 2. The number of nitrogens with zero attached hydrogens (tertiary/aromatic N) is 2. The van der Waals surface area contributed by atoms with E-state index in [9.17, 15) is 0 Å². The average Bonchev–Trinajstić information content (AvgIpc) is 2.60. The van der Waals surface area contributed by atoms with E-state index in [1.54, 1.807) is 6.07 Å². The Bertz CT molecular complexity index is 777. The Morgan fingerprint density at radius 3 is 2.58 bits per heavy atom. The van der Waals surface area contributed by atoms with Gasteiger partial charge >= 0.3 is 0 Å². The molecule has 26 heavy (non-hydrogen) atoms. The van der Waals surface area contributed by atoms with Crippen LogP contribution in [0.4, 0.5) is 0 Å². The standard InChI is InChI=1S/C21H26Cl2N2O/c1-4-7-15-8-5-6-9-19(15)26-21-14(3)24-20(13(2)25-21)17-11-10-16(22)12-18(17)23/h10-12,15,19H,4-9H2,1-3H3. The number of rotatable bonds is 5. The molecule has 0 N–H and O–H groups in total. The van der Waals surface area contributed by atoms with E-state index >= 15 is 0 Å². The van der Waals surface area contributed by atoms with E-state index in [1.165, 1.54) is 32.1 Å². The predicted octanol–water partition coefficient (Wildman–Crippen LogP) is 6.80. The molecule has 0 spiro atoms. The number of aromatic nitrogens is 2. The van der Waals surface area contributed by atoms with Gasteiger partial charge in [0.2, 0.25) is 5.88 Å². The SMILES string of the molecule is CCCC1CCCCC1Oc1nc(C)c(-c2ccc(Cl)cc2Cl)nc1C. The minimum absolute atomic E-state index is 0.251. The molecule has 0 saturated heterocycles. The van der Waals surface area contributed by atoms with Crippen LogP contribution in [0, 0.1) is 19.8 Å². The molecule has 140 valence electrons. The second kappa shape index (κ2) is 8.58. The molecule has 1 aliphatic rings. The number of hydrogen-bond donors (Lipinski definition) is 0. The van der Waals surface area contributed by atoms with Gasteiger partial charge in [-0.05, 0) is 63.6 Å². The smallest absolute Gasteiger partial charge is 0.235 e. The van der Waals surface area contributed by atoms with Crippen LogP contribution in [0.3, 0.4) is 0 Å². The van der Waals surface area contributed by atoms with Gasteiger partial charge in [-0.2, -0.15) is 0 Å². The highest BCUT2D eigenvalue weighted by Gasteiger charge is 2.27. The zero-order valence-corrected chi connectivity index (χ0v) is 17.2. The molecule has 2 aromatic rings. The lowest BCUT2D eigenvalue weighted by Crippen LogP contribution is -2.31. The molecule has 0 bridgehead atoms. The number of hydrogen-bond acceptors (Lipinski definition) is 3. The van der Waals surface area contributed by atoms with E-state index in [2.05, 4.69) is 6.92 Å². The van der Waals surface area contributed by atoms with E-state index in [0.29, 0.717) is 21.8 Å². The van der Waals surface area contributed by atoms with Gasteiger partial charge in [-0.3, -0.25) is 0 Å². The summed E-state index contributed by atoms with van der Waals surface area (Å²) in [5.41, 5.74) is 3.25. The van der Waals surface area contributed by atoms with Crippen LogP contribution in [0.1, 0.15) is 56.8 Å². The lowest BCUT2D eigenvalue weighted by Gasteiger charge is -2.31. The summed E-state index contributed by atoms with van der Waals surface area (Å²) in [6, 6.07) is 5.44. The van der Waals surface area contributed by atoms with Gasteiger partial charge in [-0.15, -0.1) is 0 Å². The van der Waals surface area contributed by atoms with E-state index in [0.717, 1.165) is 29.1 Å². The van der Waals surface area contributed by atoms with Crippen LogP contribution in [0.25, 0.3) is 11.3 Å². The summed E-state index contributed by atoms with van der Waals surface area (Å²) >= 11 is 12.4. The molecule has 0 amide bonds. The first-order chi connectivity index (χ1) is 12.5. The summed E-state index contributed by atoms with van der Waals surface area (Å²) < 4.78 is 6.34. The van der Waals surface area contributed by atoms with Crippen LogP contribution in [0.5, 0.6) is 5.88 Å². The highest BCUT2D eigenvalue weighted by molar-refractivity contribution is 6.36. The Kier molecular flexibility index (Phi) is 6.42. The summed E-state index contributed by atoms with van der Waals surface area (Å²) in [5, 5.41) is 1.19. The second-order valence-corrected chi connectivity index (χ2v) is 8.01. The Morgan fingerprint density at radius 2 is 1.85 bits per heavy atom. The lowest BCUT2D eigenvalue weighted by atomic mass is 9.83. The summed E-state index contributed by atoms with van der Waals surface area (Å²) in [7, 11) is 0. The van der Waals surface area contributed by atoms with Crippen molar-refractivity contribution in [1.82, 2.24) is 9.97 Å². The minimum atomic E-state index is 0.251. The predicted molar refractivity (Wildman–Crippen MR) is 108 cm³/mol. The third-order valence-corrected chi connectivity index (χ3v) is 5.70. The first-order valence-corrected chi connectivity index (χ1v) is 10.2. The maximum atomic E-state index is 6.35. The fraction of sp³-hybridized carbons (Fsp3) is 0.524. The zero-order valence-electron chi connectivity index (χ0n) is 15.7. The van der Waals surface area contributed by atoms with Crippen molar-refractivity contribution in [2.45, 2.75) is 65.4 Å². The Labute approximate surface area is 166 Å². The van der Waals surface area contributed by atoms with Crippen LogP contribution in [-0.4, -0.2) is 16.1 Å². The minimum Gasteiger partial charge on any atom is -0.473 e. The lowest BCUT2D eigenvalue weighted by molar-refractivity contribution is 0.0813. The molecule has 2 atom stereocenters. The zero-order chi connectivity index (χ0) is 18.7. The van der Waals surface area contributed by atoms with Crippen molar-refractivity contribution in [3.8, 4) is 17.1 Å². The van der Waals surface area contributed by atoms with Crippen LogP contribution in [0.2, 0.25) is 10.0 Å². The van der Waals surface area contributed by atoms with Crippen molar-refractivity contribution in [1.29, 1.82) is 0 Å². The Balaban J connectivity index is 1.87. The van der Waals surface area contributed by atoms with Crippen molar-refractivity contribution in [3.05, 3.63) is 39.6 Å². The first-order valence-electron chi connectivity index (χ1n) is 9.47. The van der Waals surface area contributed by atoms with Gasteiger partial charge in [0.1, 0.15) is 11.8 Å². The number of aryl methyl sites for hydroxylation is 2. The highest BCUT2D eigenvalue weighted by Crippen LogP contribution is 2.34. The molecule has 0 radical (unpaired) electrons. The Morgan fingerprint density at radius 1 is 1.08 bits per heavy atom. The summed E-state index contributed by atoms with van der Waals surface area (Å²) in [6.07, 6.45) is 7.56. The fourth-order valence-corrected chi connectivity index (χ4v) is 4.30. The van der Waals surface area contributed by atoms with Crippen molar-refractivity contribution >= 4 is 23.2 Å². The van der Waals surface area contributed by atoms with Gasteiger partial charge in [-0.1, -0.05) is 43.0 Å². The van der Waals surface area contributed by atoms with Gasteiger partial charge < -0.3 is 4.74 Å². The van der Waals surface area contributed by atoms with Crippen LogP contribution >= 0.6 is 23.2 Å². The molecule has 3 rings (SSSR count). The molecule has 1 heterocycles. The third-order valence-electron chi connectivity index (χ3n) is 5.15. The van der Waals surface area contributed by atoms with Crippen LogP contribution in [0.15, 0.2) is 18.2 Å². The summed E-state index contributed by atoms with van der Waals surface area (Å²) in [4.78, 5) is 9.48. The van der Waals surface area contributed by atoms with Crippen molar-refractivity contribution in [2.24, 2.45) is 5.92 Å². The van der Waals surface area contributed by atoms with E-state index < -0.39 is 0 Å². The normalized spacial score (nSPS) is 20.2. The van der Waals surface area contributed by atoms with Crippen LogP contribution < -0.4 is 4.74 Å². The molecule has 1 saturated carbocycles. The molecule has 5 heteroatoms. The molecular weight excluding hydrogens is 367 g/mol. The van der Waals surface area contributed by atoms with Crippen LogP contribution in [-0.2, 0) is 0 Å². The molecular formula is C21H26Cl2N2O. The van der Waals surface area contributed by atoms with Gasteiger partial charge in [-0.25, -0.2) is 9.97 Å². The summed E-state index contributed by atoms with van der Waals surface area (Å²) in [5.74, 6) is 1.28. The highest BCUT2D eigenvalue weighted by atomic mass is 35.5. The van der Waals surface area contributed by atoms with Crippen molar-refractivity contribution in [3.63, 3.8) is 0 Å². The number of benzene rings is 1. The monoisotopic (exact) mass is 392 g/mol. The Hall–Kier alpha value is -1.32. The molecule has 3 nitrogen and oxygen atoms in total. The van der Waals surface area contributed by atoms with E-state index in [-0.39, 0.29) is 6.10 Å². The van der Waals surface area contributed by atoms with Crippen molar-refractivity contribution in [2.75, 3.05) is 0 Å². The van der Waals surface area contributed by atoms with Gasteiger partial charge in [0, 0.05) is 10.6 Å². The average molecular weight is 393 g/mol. The van der Waals surface area contributed by atoms with Gasteiger partial charge in [0.15, 0.2) is 0 Å². The summed E-state index contributed by atoms with van der Waals surface area (Å²) in [6.45, 7) is 6.14. The molecule has 1 fully saturated rings. The van der Waals surface area contributed by atoms with E-state index in [4.69, 9.17) is 37.9 Å². The molecule has 0 aliphatic heterocycles. The first kappa shape index (κ1) is 19.4. The molecule has 1 aromatic heterocycles. The topological polar surface area (TPSA) is 35.0 Å². The van der Waals surface area contributed by atoms with Gasteiger partial charge in [0.05, 0.1) is 16.4 Å². The second-order valence-electron chi connectivity index (χ2n) is 7.16. The largest absolute Gasteiger partial charge is 0.473 e.